The maximum absolute atomic E-state index is 6.15. The van der Waals surface area contributed by atoms with Crippen LogP contribution in [0.1, 0.15) is 18.4 Å². The van der Waals surface area contributed by atoms with E-state index in [4.69, 9.17) is 10.5 Å². The van der Waals surface area contributed by atoms with Gasteiger partial charge in [0.15, 0.2) is 5.82 Å². The van der Waals surface area contributed by atoms with Crippen LogP contribution in [0.3, 0.4) is 0 Å². The number of hydrogen-bond donors (Lipinski definition) is 2. The molecule has 6 nitrogen and oxygen atoms in total. The average molecular weight is 339 g/mol. The number of rotatable bonds is 2. The van der Waals surface area contributed by atoms with Crippen molar-refractivity contribution in [2.24, 2.45) is 0 Å². The van der Waals surface area contributed by atoms with Gasteiger partial charge in [0.25, 0.3) is 0 Å². The summed E-state index contributed by atoms with van der Waals surface area (Å²) in [4.78, 5) is 2.31. The standard InChI is InChI=1S/C19H25N5O/c1-14-4-2-3-5-15(14)16-12-17(18(20)23-22-16)24-9-6-19(7-10-24)13-21-8-11-25-19/h2-5,12,21H,6-11,13H2,1H3,(H2,20,23). The Hall–Kier alpha value is -2.18. The van der Waals surface area contributed by atoms with Crippen molar-refractivity contribution in [1.29, 1.82) is 0 Å². The van der Waals surface area contributed by atoms with Crippen LogP contribution in [0.5, 0.6) is 0 Å². The molecule has 0 unspecified atom stereocenters. The van der Waals surface area contributed by atoms with E-state index in [1.54, 1.807) is 0 Å². The van der Waals surface area contributed by atoms with Crippen LogP contribution in [0.4, 0.5) is 11.5 Å². The zero-order valence-corrected chi connectivity index (χ0v) is 14.7. The van der Waals surface area contributed by atoms with Crippen LogP contribution in [-0.2, 0) is 4.74 Å². The minimum absolute atomic E-state index is 0.0111. The first-order valence-electron chi connectivity index (χ1n) is 8.96. The number of nitrogens with one attached hydrogen (secondary N) is 1. The molecule has 2 aliphatic heterocycles. The molecule has 2 aromatic rings. The summed E-state index contributed by atoms with van der Waals surface area (Å²) in [7, 11) is 0. The molecular formula is C19H25N5O. The van der Waals surface area contributed by atoms with Crippen molar-refractivity contribution < 1.29 is 4.74 Å². The van der Waals surface area contributed by atoms with E-state index in [2.05, 4.69) is 45.5 Å². The summed E-state index contributed by atoms with van der Waals surface area (Å²) in [5.41, 5.74) is 10.3. The van der Waals surface area contributed by atoms with E-state index in [0.717, 1.165) is 62.6 Å². The number of hydrogen-bond acceptors (Lipinski definition) is 6. The van der Waals surface area contributed by atoms with E-state index in [1.807, 2.05) is 12.1 Å². The van der Waals surface area contributed by atoms with Crippen LogP contribution < -0.4 is 16.0 Å². The van der Waals surface area contributed by atoms with Gasteiger partial charge in [0.2, 0.25) is 0 Å². The monoisotopic (exact) mass is 339 g/mol. The molecule has 0 aliphatic carbocycles. The van der Waals surface area contributed by atoms with Crippen molar-refractivity contribution in [3.05, 3.63) is 35.9 Å². The molecule has 132 valence electrons. The Labute approximate surface area is 148 Å². The Bertz CT molecular complexity index is 747. The SMILES string of the molecule is Cc1ccccc1-c1cc(N2CCC3(CC2)CNCCO3)c(N)nn1. The highest BCUT2D eigenvalue weighted by Gasteiger charge is 2.37. The zero-order chi connectivity index (χ0) is 17.3. The van der Waals surface area contributed by atoms with E-state index in [1.165, 1.54) is 5.56 Å². The highest BCUT2D eigenvalue weighted by Crippen LogP contribution is 2.33. The second-order valence-corrected chi connectivity index (χ2v) is 7.01. The molecule has 4 rings (SSSR count). The highest BCUT2D eigenvalue weighted by atomic mass is 16.5. The number of nitrogens with two attached hydrogens (primary N) is 1. The Kier molecular flexibility index (Phi) is 4.31. The molecule has 2 saturated heterocycles. The quantitative estimate of drug-likeness (QED) is 0.871. The molecule has 0 saturated carbocycles. The van der Waals surface area contributed by atoms with Gasteiger partial charge >= 0.3 is 0 Å². The van der Waals surface area contributed by atoms with E-state index >= 15 is 0 Å². The number of anilines is 2. The van der Waals surface area contributed by atoms with Crippen molar-refractivity contribution >= 4 is 11.5 Å². The number of benzene rings is 1. The Balaban J connectivity index is 1.57. The van der Waals surface area contributed by atoms with Gasteiger partial charge in [-0.05, 0) is 31.4 Å². The lowest BCUT2D eigenvalue weighted by Crippen LogP contribution is -2.55. The van der Waals surface area contributed by atoms with Gasteiger partial charge in [0, 0.05) is 31.7 Å². The van der Waals surface area contributed by atoms with Gasteiger partial charge in [-0.25, -0.2) is 0 Å². The summed E-state index contributed by atoms with van der Waals surface area (Å²) in [6, 6.07) is 10.3. The molecule has 3 N–H and O–H groups in total. The van der Waals surface area contributed by atoms with Crippen molar-refractivity contribution in [3.8, 4) is 11.3 Å². The lowest BCUT2D eigenvalue weighted by atomic mass is 9.89. The van der Waals surface area contributed by atoms with Crippen LogP contribution >= 0.6 is 0 Å². The molecule has 1 spiro atoms. The maximum Gasteiger partial charge on any atom is 0.169 e. The second kappa shape index (κ2) is 6.61. The van der Waals surface area contributed by atoms with Crippen molar-refractivity contribution in [1.82, 2.24) is 15.5 Å². The molecule has 6 heteroatoms. The molecule has 0 amide bonds. The molecule has 3 heterocycles. The van der Waals surface area contributed by atoms with E-state index in [9.17, 15) is 0 Å². The smallest absolute Gasteiger partial charge is 0.169 e. The lowest BCUT2D eigenvalue weighted by Gasteiger charge is -2.44. The highest BCUT2D eigenvalue weighted by molar-refractivity contribution is 5.72. The van der Waals surface area contributed by atoms with Crippen LogP contribution in [0.25, 0.3) is 11.3 Å². The predicted octanol–water partition coefficient (Wildman–Crippen LogP) is 1.99. The first-order chi connectivity index (χ1) is 12.2. The molecule has 0 atom stereocenters. The van der Waals surface area contributed by atoms with Crippen molar-refractivity contribution in [3.63, 3.8) is 0 Å². The Morgan fingerprint density at radius 2 is 2.00 bits per heavy atom. The minimum atomic E-state index is -0.0111. The summed E-state index contributed by atoms with van der Waals surface area (Å²) in [5, 5.41) is 12.0. The first kappa shape index (κ1) is 16.3. The summed E-state index contributed by atoms with van der Waals surface area (Å²) >= 11 is 0. The predicted molar refractivity (Wildman–Crippen MR) is 99.6 cm³/mol. The molecule has 0 radical (unpaired) electrons. The Morgan fingerprint density at radius 3 is 2.72 bits per heavy atom. The fourth-order valence-electron chi connectivity index (χ4n) is 3.82. The summed E-state index contributed by atoms with van der Waals surface area (Å²) in [6.07, 6.45) is 2.00. The van der Waals surface area contributed by atoms with E-state index in [-0.39, 0.29) is 5.60 Å². The number of morpholine rings is 1. The van der Waals surface area contributed by atoms with Gasteiger partial charge in [-0.3, -0.25) is 0 Å². The number of nitrogen functional groups attached to an aromatic ring is 1. The van der Waals surface area contributed by atoms with Gasteiger partial charge in [0.05, 0.1) is 23.6 Å². The van der Waals surface area contributed by atoms with Crippen LogP contribution in [0.2, 0.25) is 0 Å². The second-order valence-electron chi connectivity index (χ2n) is 7.01. The third-order valence-electron chi connectivity index (χ3n) is 5.37. The molecular weight excluding hydrogens is 314 g/mol. The van der Waals surface area contributed by atoms with Gasteiger partial charge < -0.3 is 20.7 Å². The molecule has 25 heavy (non-hydrogen) atoms. The topological polar surface area (TPSA) is 76.3 Å². The van der Waals surface area contributed by atoms with Crippen LogP contribution in [0.15, 0.2) is 30.3 Å². The fourth-order valence-corrected chi connectivity index (χ4v) is 3.82. The van der Waals surface area contributed by atoms with Gasteiger partial charge in [-0.2, -0.15) is 0 Å². The summed E-state index contributed by atoms with van der Waals surface area (Å²) in [6.45, 7) is 6.63. The van der Waals surface area contributed by atoms with Gasteiger partial charge in [-0.15, -0.1) is 10.2 Å². The zero-order valence-electron chi connectivity index (χ0n) is 14.7. The lowest BCUT2D eigenvalue weighted by molar-refractivity contribution is -0.0799. The molecule has 1 aromatic heterocycles. The third kappa shape index (κ3) is 3.19. The molecule has 2 aliphatic rings. The van der Waals surface area contributed by atoms with Crippen molar-refractivity contribution in [2.75, 3.05) is 43.4 Å². The Morgan fingerprint density at radius 1 is 1.20 bits per heavy atom. The average Bonchev–Trinajstić information content (AvgIpc) is 2.64. The molecule has 0 bridgehead atoms. The molecule has 2 fully saturated rings. The maximum atomic E-state index is 6.15. The van der Waals surface area contributed by atoms with Crippen molar-refractivity contribution in [2.45, 2.75) is 25.4 Å². The van der Waals surface area contributed by atoms with Crippen LogP contribution in [-0.4, -0.2) is 48.6 Å². The van der Waals surface area contributed by atoms with Gasteiger partial charge in [0.1, 0.15) is 0 Å². The minimum Gasteiger partial charge on any atom is -0.380 e. The fraction of sp³-hybridized carbons (Fsp3) is 0.474. The number of ether oxygens (including phenoxy) is 1. The molecule has 1 aromatic carbocycles. The van der Waals surface area contributed by atoms with E-state index < -0.39 is 0 Å². The third-order valence-corrected chi connectivity index (χ3v) is 5.37. The van der Waals surface area contributed by atoms with Crippen LogP contribution in [0, 0.1) is 6.92 Å². The largest absolute Gasteiger partial charge is 0.380 e. The van der Waals surface area contributed by atoms with Gasteiger partial charge in [-0.1, -0.05) is 24.3 Å². The number of nitrogens with zero attached hydrogens (tertiary/aromatic N) is 3. The number of aromatic nitrogens is 2. The van der Waals surface area contributed by atoms with E-state index in [0.29, 0.717) is 5.82 Å². The number of piperidine rings is 1. The normalized spacial score (nSPS) is 20.0. The number of aryl methyl sites for hydroxylation is 1. The first-order valence-corrected chi connectivity index (χ1v) is 8.96. The summed E-state index contributed by atoms with van der Waals surface area (Å²) < 4.78 is 6.08. The summed E-state index contributed by atoms with van der Waals surface area (Å²) in [5.74, 6) is 0.496.